The van der Waals surface area contributed by atoms with E-state index >= 15 is 0 Å². The molecule has 0 aliphatic carbocycles. The number of ether oxygens (including phenoxy) is 2. The van der Waals surface area contributed by atoms with E-state index in [0.717, 1.165) is 0 Å². The van der Waals surface area contributed by atoms with Crippen LogP contribution in [0.15, 0.2) is 12.7 Å². The van der Waals surface area contributed by atoms with Crippen LogP contribution in [-0.4, -0.2) is 40.7 Å². The molecule has 128 valence electrons. The van der Waals surface area contributed by atoms with E-state index < -0.39 is 57.8 Å². The molecule has 0 bridgehead atoms. The Morgan fingerprint density at radius 2 is 1.50 bits per heavy atom. The number of primary amides is 3. The zero-order valence-corrected chi connectivity index (χ0v) is 12.1. The summed E-state index contributed by atoms with van der Waals surface area (Å²) in [6.07, 6.45) is -0.322. The number of hydrogen-bond donors (Lipinski definition) is 5. The van der Waals surface area contributed by atoms with Gasteiger partial charge in [0.2, 0.25) is 5.75 Å². The lowest BCUT2D eigenvalue weighted by Gasteiger charge is -2.16. The molecule has 11 heteroatoms. The van der Waals surface area contributed by atoms with Gasteiger partial charge < -0.3 is 36.9 Å². The summed E-state index contributed by atoms with van der Waals surface area (Å²) in [6.45, 7) is 2.96. The van der Waals surface area contributed by atoms with Gasteiger partial charge in [0, 0.05) is 0 Å². The molecule has 0 heterocycles. The Morgan fingerprint density at radius 1 is 0.958 bits per heavy atom. The van der Waals surface area contributed by atoms with Crippen LogP contribution >= 0.6 is 0 Å². The van der Waals surface area contributed by atoms with Gasteiger partial charge in [-0.05, 0) is 0 Å². The van der Waals surface area contributed by atoms with Crippen LogP contribution in [0.4, 0.5) is 4.79 Å². The molecule has 0 aliphatic heterocycles. The highest BCUT2D eigenvalue weighted by Gasteiger charge is 2.35. The normalized spacial score (nSPS) is 9.83. The smallest absolute Gasteiger partial charge is 0.410 e. The molecule has 0 radical (unpaired) electrons. The van der Waals surface area contributed by atoms with Crippen LogP contribution in [0, 0.1) is 0 Å². The van der Waals surface area contributed by atoms with Crippen LogP contribution in [0.3, 0.4) is 0 Å². The van der Waals surface area contributed by atoms with Crippen LogP contribution in [0.1, 0.15) is 31.1 Å². The summed E-state index contributed by atoms with van der Waals surface area (Å²) >= 11 is 0. The third-order valence-electron chi connectivity index (χ3n) is 2.64. The maximum absolute atomic E-state index is 12.1. The Morgan fingerprint density at radius 3 is 1.92 bits per heavy atom. The molecule has 0 spiro atoms. The molecule has 0 fully saturated rings. The van der Waals surface area contributed by atoms with Crippen molar-refractivity contribution in [2.45, 2.75) is 0 Å². The lowest BCUT2D eigenvalue weighted by molar-refractivity contribution is 0.0541. The molecule has 0 atom stereocenters. The fraction of sp³-hybridized carbons (Fsp3) is 0.0769. The summed E-state index contributed by atoms with van der Waals surface area (Å²) in [4.78, 5) is 46.2. The first-order valence-corrected chi connectivity index (χ1v) is 6.10. The molecular weight excluding hydrogens is 326 g/mol. The second-order valence-corrected chi connectivity index (χ2v) is 4.19. The molecule has 0 saturated carbocycles. The third-order valence-corrected chi connectivity index (χ3v) is 2.64. The van der Waals surface area contributed by atoms with Gasteiger partial charge in [-0.25, -0.2) is 9.59 Å². The maximum atomic E-state index is 12.1. The van der Waals surface area contributed by atoms with Crippen molar-refractivity contribution in [3.05, 3.63) is 29.3 Å². The summed E-state index contributed by atoms with van der Waals surface area (Å²) in [6, 6.07) is 0. The van der Waals surface area contributed by atoms with Crippen LogP contribution in [0.2, 0.25) is 0 Å². The largest absolute Gasteiger partial charge is 0.504 e. The van der Waals surface area contributed by atoms with Crippen LogP contribution in [0.25, 0.3) is 0 Å². The Bertz CT molecular complexity index is 756. The molecule has 1 aromatic carbocycles. The molecule has 3 amide bonds. The van der Waals surface area contributed by atoms with Crippen molar-refractivity contribution in [3.63, 3.8) is 0 Å². The number of amides is 3. The monoisotopic (exact) mass is 339 g/mol. The first-order chi connectivity index (χ1) is 11.1. The Labute approximate surface area is 134 Å². The molecule has 1 rings (SSSR count). The fourth-order valence-electron chi connectivity index (χ4n) is 1.79. The number of carbonyl (C=O) groups excluding carboxylic acids is 4. The van der Waals surface area contributed by atoms with E-state index in [1.165, 1.54) is 6.08 Å². The Kier molecular flexibility index (Phi) is 5.33. The molecule has 11 nitrogen and oxygen atoms in total. The van der Waals surface area contributed by atoms with Gasteiger partial charge in [0.1, 0.15) is 17.7 Å². The van der Waals surface area contributed by atoms with Gasteiger partial charge in [0.15, 0.2) is 11.5 Å². The average molecular weight is 339 g/mol. The van der Waals surface area contributed by atoms with Crippen molar-refractivity contribution in [1.82, 2.24) is 0 Å². The van der Waals surface area contributed by atoms with Crippen molar-refractivity contribution in [3.8, 4) is 17.2 Å². The molecule has 0 saturated heterocycles. The number of aromatic hydroxyl groups is 2. The molecular formula is C13H13N3O8. The molecule has 1 aromatic rings. The Hall–Kier alpha value is -3.76. The minimum atomic E-state index is -1.50. The summed E-state index contributed by atoms with van der Waals surface area (Å²) in [7, 11) is 0. The number of hydrogen-bond acceptors (Lipinski definition) is 8. The quantitative estimate of drug-likeness (QED) is 0.248. The summed E-state index contributed by atoms with van der Waals surface area (Å²) in [5.74, 6) is -7.59. The van der Waals surface area contributed by atoms with E-state index in [1.807, 2.05) is 0 Å². The lowest BCUT2D eigenvalue weighted by atomic mass is 9.96. The van der Waals surface area contributed by atoms with Crippen molar-refractivity contribution in [2.75, 3.05) is 6.61 Å². The Balaban J connectivity index is 3.91. The van der Waals surface area contributed by atoms with E-state index in [1.54, 1.807) is 0 Å². The highest BCUT2D eigenvalue weighted by atomic mass is 16.6. The predicted molar refractivity (Wildman–Crippen MR) is 77.5 cm³/mol. The highest BCUT2D eigenvalue weighted by Crippen LogP contribution is 2.44. The number of phenols is 2. The van der Waals surface area contributed by atoms with Gasteiger partial charge in [0.25, 0.3) is 11.8 Å². The number of carbonyl (C=O) groups is 4. The zero-order valence-electron chi connectivity index (χ0n) is 12.1. The van der Waals surface area contributed by atoms with Crippen LogP contribution < -0.4 is 21.9 Å². The van der Waals surface area contributed by atoms with Crippen LogP contribution in [-0.2, 0) is 4.74 Å². The van der Waals surface area contributed by atoms with Crippen LogP contribution in [0.5, 0.6) is 17.2 Å². The summed E-state index contributed by atoms with van der Waals surface area (Å²) in [5.41, 5.74) is 12.2. The first kappa shape index (κ1) is 18.3. The predicted octanol–water partition coefficient (Wildman–Crippen LogP) is -0.904. The van der Waals surface area contributed by atoms with Crippen molar-refractivity contribution >= 4 is 23.9 Å². The van der Waals surface area contributed by atoms with E-state index in [-0.39, 0.29) is 6.61 Å². The van der Waals surface area contributed by atoms with Gasteiger partial charge in [-0.1, -0.05) is 12.7 Å². The third kappa shape index (κ3) is 3.35. The second kappa shape index (κ2) is 7.00. The molecule has 8 N–H and O–H groups in total. The zero-order chi connectivity index (χ0) is 18.6. The minimum absolute atomic E-state index is 0.330. The van der Waals surface area contributed by atoms with Gasteiger partial charge in [-0.2, -0.15) is 0 Å². The highest BCUT2D eigenvalue weighted by molar-refractivity contribution is 6.16. The number of phenolic OH excluding ortho intramolecular Hbond substituents is 1. The van der Waals surface area contributed by atoms with E-state index in [2.05, 4.69) is 16.1 Å². The minimum Gasteiger partial charge on any atom is -0.504 e. The first-order valence-electron chi connectivity index (χ1n) is 6.10. The van der Waals surface area contributed by atoms with Crippen molar-refractivity contribution < 1.29 is 38.9 Å². The summed E-state index contributed by atoms with van der Waals surface area (Å²) in [5, 5.41) is 19.7. The summed E-state index contributed by atoms with van der Waals surface area (Å²) < 4.78 is 9.07. The van der Waals surface area contributed by atoms with Gasteiger partial charge >= 0.3 is 12.1 Å². The molecule has 0 unspecified atom stereocenters. The average Bonchev–Trinajstić information content (AvgIpc) is 2.47. The second-order valence-electron chi connectivity index (χ2n) is 4.19. The molecule has 0 aliphatic rings. The molecule has 24 heavy (non-hydrogen) atoms. The van der Waals surface area contributed by atoms with Gasteiger partial charge in [-0.15, -0.1) is 0 Å². The van der Waals surface area contributed by atoms with Gasteiger partial charge in [-0.3, -0.25) is 9.59 Å². The van der Waals surface area contributed by atoms with Gasteiger partial charge in [0.05, 0.1) is 5.56 Å². The fourth-order valence-corrected chi connectivity index (χ4v) is 1.79. The SMILES string of the molecule is C=CCOC(=O)c1c(C(N)=O)c(O)c(O)c(OC(N)=O)c1C(N)=O. The van der Waals surface area contributed by atoms with Crippen molar-refractivity contribution in [2.24, 2.45) is 17.2 Å². The van der Waals surface area contributed by atoms with Crippen molar-refractivity contribution in [1.29, 1.82) is 0 Å². The topological polar surface area (TPSA) is 205 Å². The molecule has 0 aromatic heterocycles. The maximum Gasteiger partial charge on any atom is 0.410 e. The van der Waals surface area contributed by atoms with E-state index in [4.69, 9.17) is 17.2 Å². The lowest BCUT2D eigenvalue weighted by Crippen LogP contribution is -2.27. The van der Waals surface area contributed by atoms with E-state index in [0.29, 0.717) is 0 Å². The number of benzene rings is 1. The standard InChI is InChI=1S/C13H13N3O8/c1-2-3-23-12(21)4-5(10(14)19)7(17)8(18)9(24-13(16)22)6(4)11(15)20/h2,17-18H,1,3H2,(H2,14,19)(H2,15,20)(H2,16,22). The number of nitrogens with two attached hydrogens (primary N) is 3. The number of rotatable bonds is 6. The van der Waals surface area contributed by atoms with E-state index in [9.17, 15) is 29.4 Å². The number of esters is 1.